The van der Waals surface area contributed by atoms with Gasteiger partial charge >= 0.3 is 0 Å². The van der Waals surface area contributed by atoms with Gasteiger partial charge in [-0.05, 0) is 39.3 Å². The molecule has 1 atom stereocenters. The lowest BCUT2D eigenvalue weighted by Gasteiger charge is -2.33. The van der Waals surface area contributed by atoms with Gasteiger partial charge in [0.25, 0.3) is 0 Å². The fourth-order valence-corrected chi connectivity index (χ4v) is 2.13. The van der Waals surface area contributed by atoms with Crippen LogP contribution in [0.25, 0.3) is 0 Å². The molecule has 1 saturated carbocycles. The largest absolute Gasteiger partial charge is 0.368 e. The topological polar surface area (TPSA) is 58.4 Å². The predicted octanol–water partition coefficient (Wildman–Crippen LogP) is 0.714. The minimum absolute atomic E-state index is 0.254. The van der Waals surface area contributed by atoms with Crippen LogP contribution in [0.3, 0.4) is 0 Å². The molecule has 16 heavy (non-hydrogen) atoms. The first-order chi connectivity index (χ1) is 7.53. The van der Waals surface area contributed by atoms with Gasteiger partial charge in [0, 0.05) is 12.6 Å². The maximum atomic E-state index is 11.5. The molecule has 1 unspecified atom stereocenters. The van der Waals surface area contributed by atoms with Gasteiger partial charge in [-0.3, -0.25) is 9.69 Å². The van der Waals surface area contributed by atoms with Gasteiger partial charge in [-0.25, -0.2) is 0 Å². The Morgan fingerprint density at radius 1 is 1.50 bits per heavy atom. The molecule has 3 N–H and O–H groups in total. The van der Waals surface area contributed by atoms with Crippen molar-refractivity contribution in [3.8, 4) is 0 Å². The van der Waals surface area contributed by atoms with E-state index in [9.17, 15) is 4.79 Å². The SMILES string of the molecule is CCCN(CC(C)(NCC)C(N)=O)C1CC1. The molecule has 1 aliphatic rings. The summed E-state index contributed by atoms with van der Waals surface area (Å²) < 4.78 is 0. The summed E-state index contributed by atoms with van der Waals surface area (Å²) >= 11 is 0. The van der Waals surface area contributed by atoms with Crippen molar-refractivity contribution in [3.05, 3.63) is 0 Å². The van der Waals surface area contributed by atoms with Gasteiger partial charge in [0.2, 0.25) is 5.91 Å². The molecule has 0 radical (unpaired) electrons. The third-order valence-electron chi connectivity index (χ3n) is 3.20. The summed E-state index contributed by atoms with van der Waals surface area (Å²) in [6, 6.07) is 0.678. The quantitative estimate of drug-likeness (QED) is 0.642. The fourth-order valence-electron chi connectivity index (χ4n) is 2.13. The smallest absolute Gasteiger partial charge is 0.238 e. The molecular weight excluding hydrogens is 202 g/mol. The molecule has 1 amide bonds. The number of nitrogens with two attached hydrogens (primary N) is 1. The van der Waals surface area contributed by atoms with Crippen molar-refractivity contribution >= 4 is 5.91 Å². The van der Waals surface area contributed by atoms with Crippen LogP contribution in [0, 0.1) is 0 Å². The number of carbonyl (C=O) groups is 1. The first-order valence-corrected chi connectivity index (χ1v) is 6.32. The van der Waals surface area contributed by atoms with E-state index in [4.69, 9.17) is 5.73 Å². The van der Waals surface area contributed by atoms with E-state index in [2.05, 4.69) is 17.1 Å². The van der Waals surface area contributed by atoms with Gasteiger partial charge in [-0.15, -0.1) is 0 Å². The van der Waals surface area contributed by atoms with E-state index in [-0.39, 0.29) is 5.91 Å². The number of primary amides is 1. The summed E-state index contributed by atoms with van der Waals surface area (Å²) in [4.78, 5) is 13.9. The van der Waals surface area contributed by atoms with E-state index in [1.807, 2.05) is 13.8 Å². The Hall–Kier alpha value is -0.610. The number of rotatable bonds is 8. The molecule has 4 heteroatoms. The molecule has 1 aliphatic carbocycles. The number of hydrogen-bond acceptors (Lipinski definition) is 3. The molecule has 0 heterocycles. The van der Waals surface area contributed by atoms with Crippen LogP contribution in [0.15, 0.2) is 0 Å². The van der Waals surface area contributed by atoms with E-state index in [1.54, 1.807) is 0 Å². The van der Waals surface area contributed by atoms with Gasteiger partial charge in [0.05, 0.1) is 0 Å². The zero-order valence-electron chi connectivity index (χ0n) is 10.8. The molecule has 94 valence electrons. The Morgan fingerprint density at radius 3 is 2.50 bits per heavy atom. The standard InChI is InChI=1S/C12H25N3O/c1-4-8-15(10-6-7-10)9-12(3,11(13)16)14-5-2/h10,14H,4-9H2,1-3H3,(H2,13,16). The number of nitrogens with one attached hydrogen (secondary N) is 1. The van der Waals surface area contributed by atoms with Crippen LogP contribution in [0.5, 0.6) is 0 Å². The van der Waals surface area contributed by atoms with Gasteiger partial charge in [0.15, 0.2) is 0 Å². The lowest BCUT2D eigenvalue weighted by atomic mass is 10.0. The van der Waals surface area contributed by atoms with E-state index in [1.165, 1.54) is 12.8 Å². The maximum Gasteiger partial charge on any atom is 0.238 e. The van der Waals surface area contributed by atoms with Crippen LogP contribution in [-0.2, 0) is 4.79 Å². The number of nitrogens with zero attached hydrogens (tertiary/aromatic N) is 1. The molecule has 0 aromatic heterocycles. The highest BCUT2D eigenvalue weighted by Gasteiger charge is 2.37. The molecule has 0 saturated heterocycles. The molecule has 0 spiro atoms. The van der Waals surface area contributed by atoms with Crippen LogP contribution in [0.2, 0.25) is 0 Å². The molecule has 0 aromatic rings. The highest BCUT2D eigenvalue weighted by molar-refractivity contribution is 5.84. The lowest BCUT2D eigenvalue weighted by molar-refractivity contribution is -0.124. The Labute approximate surface area is 98.6 Å². The number of hydrogen-bond donors (Lipinski definition) is 2. The fraction of sp³-hybridized carbons (Fsp3) is 0.917. The first kappa shape index (κ1) is 13.5. The van der Waals surface area contributed by atoms with Crippen molar-refractivity contribution in [1.82, 2.24) is 10.2 Å². The Morgan fingerprint density at radius 2 is 2.12 bits per heavy atom. The van der Waals surface area contributed by atoms with Crippen molar-refractivity contribution in [2.24, 2.45) is 5.73 Å². The number of amides is 1. The Balaban J connectivity index is 2.60. The summed E-state index contributed by atoms with van der Waals surface area (Å²) in [6.45, 7) is 8.63. The Kier molecular flexibility index (Phi) is 4.74. The molecular formula is C12H25N3O. The molecule has 0 aromatic carbocycles. The van der Waals surface area contributed by atoms with Gasteiger partial charge < -0.3 is 11.1 Å². The van der Waals surface area contributed by atoms with E-state index < -0.39 is 5.54 Å². The molecule has 0 aliphatic heterocycles. The predicted molar refractivity (Wildman–Crippen MR) is 66.2 cm³/mol. The van der Waals surface area contributed by atoms with E-state index in [0.717, 1.165) is 26.1 Å². The highest BCUT2D eigenvalue weighted by atomic mass is 16.1. The van der Waals surface area contributed by atoms with Crippen LogP contribution in [-0.4, -0.2) is 42.0 Å². The molecule has 1 fully saturated rings. The van der Waals surface area contributed by atoms with Gasteiger partial charge in [-0.2, -0.15) is 0 Å². The second-order valence-electron chi connectivity index (χ2n) is 4.93. The van der Waals surface area contributed by atoms with Crippen molar-refractivity contribution in [3.63, 3.8) is 0 Å². The highest BCUT2D eigenvalue weighted by Crippen LogP contribution is 2.28. The number of carbonyl (C=O) groups excluding carboxylic acids is 1. The maximum absolute atomic E-state index is 11.5. The average molecular weight is 227 g/mol. The van der Waals surface area contributed by atoms with Crippen LogP contribution in [0.4, 0.5) is 0 Å². The third kappa shape index (κ3) is 3.46. The first-order valence-electron chi connectivity index (χ1n) is 6.32. The van der Waals surface area contributed by atoms with Crippen LogP contribution in [0.1, 0.15) is 40.0 Å². The monoisotopic (exact) mass is 227 g/mol. The third-order valence-corrected chi connectivity index (χ3v) is 3.20. The second-order valence-corrected chi connectivity index (χ2v) is 4.93. The zero-order chi connectivity index (χ0) is 12.2. The second kappa shape index (κ2) is 5.64. The van der Waals surface area contributed by atoms with Crippen molar-refractivity contribution < 1.29 is 4.79 Å². The van der Waals surface area contributed by atoms with Gasteiger partial charge in [0.1, 0.15) is 5.54 Å². The average Bonchev–Trinajstić information content (AvgIpc) is 3.00. The number of likely N-dealkylation sites (N-methyl/N-ethyl adjacent to an activating group) is 1. The van der Waals surface area contributed by atoms with Crippen LogP contribution >= 0.6 is 0 Å². The van der Waals surface area contributed by atoms with Crippen LogP contribution < -0.4 is 11.1 Å². The van der Waals surface area contributed by atoms with Gasteiger partial charge in [-0.1, -0.05) is 13.8 Å². The lowest BCUT2D eigenvalue weighted by Crippen LogP contribution is -2.59. The molecule has 0 bridgehead atoms. The van der Waals surface area contributed by atoms with E-state index >= 15 is 0 Å². The van der Waals surface area contributed by atoms with E-state index in [0.29, 0.717) is 6.04 Å². The van der Waals surface area contributed by atoms with Crippen molar-refractivity contribution in [2.45, 2.75) is 51.6 Å². The zero-order valence-corrected chi connectivity index (χ0v) is 10.8. The molecule has 1 rings (SSSR count). The van der Waals surface area contributed by atoms with Crippen molar-refractivity contribution in [1.29, 1.82) is 0 Å². The minimum Gasteiger partial charge on any atom is -0.368 e. The Bertz CT molecular complexity index is 240. The normalized spacial score (nSPS) is 19.8. The summed E-state index contributed by atoms with van der Waals surface area (Å²) in [7, 11) is 0. The summed E-state index contributed by atoms with van der Waals surface area (Å²) in [5.41, 5.74) is 4.90. The minimum atomic E-state index is -0.591. The summed E-state index contributed by atoms with van der Waals surface area (Å²) in [5.74, 6) is -0.254. The summed E-state index contributed by atoms with van der Waals surface area (Å²) in [6.07, 6.45) is 3.65. The summed E-state index contributed by atoms with van der Waals surface area (Å²) in [5, 5.41) is 3.21. The van der Waals surface area contributed by atoms with Crippen molar-refractivity contribution in [2.75, 3.05) is 19.6 Å². The molecule has 4 nitrogen and oxygen atoms in total.